The van der Waals surface area contributed by atoms with Crippen molar-refractivity contribution in [2.24, 2.45) is 14.1 Å². The molecule has 2 aliphatic carbocycles. The minimum atomic E-state index is -0.843. The highest BCUT2D eigenvalue weighted by Gasteiger charge is 2.24. The zero-order valence-electron chi connectivity index (χ0n) is 33.6. The fraction of sp³-hybridized carbons (Fsp3) is 0.333. The third kappa shape index (κ3) is 10.0. The molecule has 2 aliphatic rings. The molecular weight excluding hydrogens is 729 g/mol. The highest BCUT2D eigenvalue weighted by atomic mass is 16.5. The average Bonchev–Trinajstić information content (AvgIpc) is 4.07. The molecule has 6 aromatic rings. The summed E-state index contributed by atoms with van der Waals surface area (Å²) in [7, 11) is 3.82. The van der Waals surface area contributed by atoms with Crippen molar-refractivity contribution >= 4 is 11.9 Å². The maximum absolute atomic E-state index is 12.2. The molecular formula is C48H52N4O6. The molecule has 0 fully saturated rings. The van der Waals surface area contributed by atoms with Gasteiger partial charge in [0.15, 0.2) is 0 Å². The van der Waals surface area contributed by atoms with Crippen LogP contribution in [0.2, 0.25) is 0 Å². The van der Waals surface area contributed by atoms with Crippen LogP contribution >= 0.6 is 0 Å². The molecule has 10 nitrogen and oxygen atoms in total. The third-order valence-corrected chi connectivity index (χ3v) is 11.1. The van der Waals surface area contributed by atoms with Gasteiger partial charge in [0.2, 0.25) is 0 Å². The number of fused-ring (bicyclic) bond motifs is 2. The summed E-state index contributed by atoms with van der Waals surface area (Å²) in [6, 6.07) is 28.9. The molecule has 0 amide bonds. The van der Waals surface area contributed by atoms with Crippen molar-refractivity contribution in [1.29, 1.82) is 0 Å². The summed E-state index contributed by atoms with van der Waals surface area (Å²) in [4.78, 5) is 32.3. The second-order valence-corrected chi connectivity index (χ2v) is 15.1. The van der Waals surface area contributed by atoms with E-state index in [-0.39, 0.29) is 30.6 Å². The number of carbonyl (C=O) groups is 2. The van der Waals surface area contributed by atoms with Crippen molar-refractivity contribution in [1.82, 2.24) is 19.1 Å². The Hall–Kier alpha value is -6.16. The number of carbonyl (C=O) groups excluding carboxylic acids is 1. The summed E-state index contributed by atoms with van der Waals surface area (Å²) in [5.74, 6) is 1.67. The predicted molar refractivity (Wildman–Crippen MR) is 222 cm³/mol. The SMILES string of the molecule is CCOC(=O)CC(c1ccc(OCc2ccc3c(c2)CCC3)cc1)c1nccn1C.Cn1ccnc1C(CC(=O)O)c1ccc(OCc2ccc3c(c2)CCC3)cc1. The Kier molecular flexibility index (Phi) is 13.0. The number of carboxylic acid groups (broad SMARTS) is 1. The van der Waals surface area contributed by atoms with Crippen molar-refractivity contribution in [2.45, 2.75) is 83.3 Å². The summed E-state index contributed by atoms with van der Waals surface area (Å²) in [5, 5.41) is 9.30. The number of rotatable bonds is 15. The Labute approximate surface area is 340 Å². The van der Waals surface area contributed by atoms with Gasteiger partial charge in [0.25, 0.3) is 0 Å². The van der Waals surface area contributed by atoms with E-state index in [0.717, 1.165) is 40.7 Å². The monoisotopic (exact) mass is 780 g/mol. The number of carboxylic acids is 1. The van der Waals surface area contributed by atoms with Gasteiger partial charge in [-0.1, -0.05) is 60.7 Å². The van der Waals surface area contributed by atoms with Crippen LogP contribution in [0.5, 0.6) is 11.5 Å². The van der Waals surface area contributed by atoms with Gasteiger partial charge in [-0.25, -0.2) is 9.97 Å². The van der Waals surface area contributed by atoms with Crippen LogP contribution in [0, 0.1) is 0 Å². The summed E-state index contributed by atoms with van der Waals surface area (Å²) >= 11 is 0. The maximum atomic E-state index is 12.2. The fourth-order valence-corrected chi connectivity index (χ4v) is 8.06. The minimum Gasteiger partial charge on any atom is -0.489 e. The molecule has 1 N–H and O–H groups in total. The lowest BCUT2D eigenvalue weighted by Crippen LogP contribution is -2.15. The van der Waals surface area contributed by atoms with Crippen LogP contribution in [-0.2, 0) is 67.3 Å². The molecule has 58 heavy (non-hydrogen) atoms. The van der Waals surface area contributed by atoms with Gasteiger partial charge in [0.1, 0.15) is 36.4 Å². The summed E-state index contributed by atoms with van der Waals surface area (Å²) in [5.41, 5.74) is 10.2. The van der Waals surface area contributed by atoms with Gasteiger partial charge in [-0.15, -0.1) is 0 Å². The van der Waals surface area contributed by atoms with Crippen LogP contribution in [0.15, 0.2) is 110 Å². The van der Waals surface area contributed by atoms with Gasteiger partial charge in [-0.3, -0.25) is 9.59 Å². The fourth-order valence-electron chi connectivity index (χ4n) is 8.06. The largest absolute Gasteiger partial charge is 0.489 e. The molecule has 300 valence electrons. The van der Waals surface area contributed by atoms with Gasteiger partial charge in [0, 0.05) is 38.9 Å². The van der Waals surface area contributed by atoms with Gasteiger partial charge in [0.05, 0.1) is 31.3 Å². The van der Waals surface area contributed by atoms with E-state index in [1.54, 1.807) is 12.4 Å². The highest BCUT2D eigenvalue weighted by Crippen LogP contribution is 2.31. The van der Waals surface area contributed by atoms with Crippen molar-refractivity contribution < 1.29 is 28.9 Å². The number of aliphatic carboxylic acids is 1. The van der Waals surface area contributed by atoms with Crippen LogP contribution in [0.4, 0.5) is 0 Å². The van der Waals surface area contributed by atoms with Crippen molar-refractivity contribution in [3.8, 4) is 11.5 Å². The summed E-state index contributed by atoms with van der Waals surface area (Å²) in [6.45, 7) is 3.28. The van der Waals surface area contributed by atoms with E-state index >= 15 is 0 Å². The van der Waals surface area contributed by atoms with Crippen molar-refractivity contribution in [2.75, 3.05) is 6.61 Å². The summed E-state index contributed by atoms with van der Waals surface area (Å²) < 4.78 is 20.9. The predicted octanol–water partition coefficient (Wildman–Crippen LogP) is 8.67. The Morgan fingerprint density at radius 3 is 1.50 bits per heavy atom. The molecule has 2 unspecified atom stereocenters. The lowest BCUT2D eigenvalue weighted by Gasteiger charge is -2.17. The number of nitrogens with zero attached hydrogens (tertiary/aromatic N) is 4. The van der Waals surface area contributed by atoms with Crippen molar-refractivity contribution in [3.63, 3.8) is 0 Å². The first-order chi connectivity index (χ1) is 28.2. The highest BCUT2D eigenvalue weighted by molar-refractivity contribution is 5.71. The number of aromatic nitrogens is 4. The van der Waals surface area contributed by atoms with E-state index in [1.165, 1.54) is 65.5 Å². The molecule has 0 saturated carbocycles. The first-order valence-electron chi connectivity index (χ1n) is 20.2. The lowest BCUT2D eigenvalue weighted by atomic mass is 9.94. The van der Waals surface area contributed by atoms with Gasteiger partial charge in [-0.05, 0) is 114 Å². The summed E-state index contributed by atoms with van der Waals surface area (Å²) in [6.07, 6.45) is 14.6. The number of aryl methyl sites for hydroxylation is 6. The van der Waals surface area contributed by atoms with Crippen LogP contribution in [0.25, 0.3) is 0 Å². The van der Waals surface area contributed by atoms with E-state index in [1.807, 2.05) is 91.1 Å². The quantitative estimate of drug-likeness (QED) is 0.103. The van der Waals surface area contributed by atoms with E-state index in [4.69, 9.17) is 14.2 Å². The Morgan fingerprint density at radius 1 is 0.638 bits per heavy atom. The van der Waals surface area contributed by atoms with Gasteiger partial charge >= 0.3 is 11.9 Å². The number of imidazole rings is 2. The Balaban J connectivity index is 0.000000177. The van der Waals surface area contributed by atoms with E-state index < -0.39 is 5.97 Å². The lowest BCUT2D eigenvalue weighted by molar-refractivity contribution is -0.143. The number of hydrogen-bond acceptors (Lipinski definition) is 7. The van der Waals surface area contributed by atoms with Crippen LogP contribution in [-0.4, -0.2) is 42.8 Å². The number of benzene rings is 4. The Bertz CT molecular complexity index is 2310. The molecule has 0 bridgehead atoms. The van der Waals surface area contributed by atoms with Crippen LogP contribution in [0.3, 0.4) is 0 Å². The molecule has 2 atom stereocenters. The second kappa shape index (κ2) is 18.9. The smallest absolute Gasteiger partial charge is 0.306 e. The van der Waals surface area contributed by atoms with Gasteiger partial charge < -0.3 is 28.5 Å². The van der Waals surface area contributed by atoms with E-state index in [9.17, 15) is 14.7 Å². The maximum Gasteiger partial charge on any atom is 0.306 e. The molecule has 4 aromatic carbocycles. The number of hydrogen-bond donors (Lipinski definition) is 1. The molecule has 0 radical (unpaired) electrons. The molecule has 2 aromatic heterocycles. The first kappa shape index (κ1) is 40.1. The molecule has 10 heteroatoms. The molecule has 0 spiro atoms. The van der Waals surface area contributed by atoms with E-state index in [2.05, 4.69) is 46.4 Å². The topological polar surface area (TPSA) is 118 Å². The molecule has 2 heterocycles. The molecule has 0 saturated heterocycles. The molecule has 8 rings (SSSR count). The van der Waals surface area contributed by atoms with Crippen LogP contribution in [0.1, 0.15) is 101 Å². The average molecular weight is 781 g/mol. The van der Waals surface area contributed by atoms with Crippen LogP contribution < -0.4 is 9.47 Å². The third-order valence-electron chi connectivity index (χ3n) is 11.1. The van der Waals surface area contributed by atoms with Crippen molar-refractivity contribution in [3.05, 3.63) is 166 Å². The molecule has 0 aliphatic heterocycles. The van der Waals surface area contributed by atoms with E-state index in [0.29, 0.717) is 19.8 Å². The van der Waals surface area contributed by atoms with Gasteiger partial charge in [-0.2, -0.15) is 0 Å². The normalized spacial score (nSPS) is 13.8. The second-order valence-electron chi connectivity index (χ2n) is 15.1. The standard InChI is InChI=1S/C25H28N2O3.C23H24N2O3/c1-3-29-24(28)16-23(25-26-13-14-27(25)2)20-9-11-22(12-10-20)30-17-18-7-8-19-5-4-6-21(19)15-18;1-25-12-11-24-23(25)21(14-22(26)27)18-7-9-20(10-8-18)28-15-16-5-6-17-3-2-4-19(17)13-16/h7-15,23H,3-6,16-17H2,1-2H3;5-13,21H,2-4,14-15H2,1H3,(H,26,27). The number of ether oxygens (including phenoxy) is 3. The minimum absolute atomic E-state index is 0.000181. The zero-order chi connectivity index (χ0) is 40.4. The zero-order valence-corrected chi connectivity index (χ0v) is 33.6. The number of esters is 1. The first-order valence-corrected chi connectivity index (χ1v) is 20.2. The Morgan fingerprint density at radius 2 is 1.09 bits per heavy atom.